The first kappa shape index (κ1) is 12.4. The standard InChI is InChI=1S/C10H16N2O2/c1-4-5-6-9(11-3)12-8(2)7-10(13)14/h4-6,8,12H,3,7H2,1-2H3,(H,13,14)/b5-4-,9-6+/t8-/m0/s1. The molecule has 0 radical (unpaired) electrons. The highest BCUT2D eigenvalue weighted by molar-refractivity contribution is 5.67. The molecule has 0 saturated heterocycles. The molecule has 0 saturated carbocycles. The van der Waals surface area contributed by atoms with Gasteiger partial charge >= 0.3 is 5.97 Å². The molecule has 0 unspecified atom stereocenters. The van der Waals surface area contributed by atoms with Crippen LogP contribution in [0.4, 0.5) is 0 Å². The van der Waals surface area contributed by atoms with E-state index >= 15 is 0 Å². The lowest BCUT2D eigenvalue weighted by atomic mass is 10.2. The van der Waals surface area contributed by atoms with Crippen molar-refractivity contribution >= 4 is 12.7 Å². The molecule has 0 aromatic heterocycles. The smallest absolute Gasteiger partial charge is 0.305 e. The van der Waals surface area contributed by atoms with Crippen LogP contribution in [0.5, 0.6) is 0 Å². The number of allylic oxidation sites excluding steroid dienone is 3. The molecule has 0 spiro atoms. The zero-order valence-corrected chi connectivity index (χ0v) is 8.53. The highest BCUT2D eigenvalue weighted by Gasteiger charge is 2.06. The van der Waals surface area contributed by atoms with E-state index in [9.17, 15) is 4.79 Å². The number of hydrogen-bond donors (Lipinski definition) is 2. The molecule has 4 heteroatoms. The monoisotopic (exact) mass is 196 g/mol. The predicted octanol–water partition coefficient (Wildman–Crippen LogP) is 1.56. The molecular weight excluding hydrogens is 180 g/mol. The van der Waals surface area contributed by atoms with Gasteiger partial charge in [0.2, 0.25) is 0 Å². The summed E-state index contributed by atoms with van der Waals surface area (Å²) in [6.45, 7) is 7.05. The maximum Gasteiger partial charge on any atom is 0.305 e. The summed E-state index contributed by atoms with van der Waals surface area (Å²) in [6.07, 6.45) is 5.47. The van der Waals surface area contributed by atoms with E-state index in [4.69, 9.17) is 5.11 Å². The summed E-state index contributed by atoms with van der Waals surface area (Å²) in [4.78, 5) is 14.1. The molecule has 0 fully saturated rings. The summed E-state index contributed by atoms with van der Waals surface area (Å²) >= 11 is 0. The summed E-state index contributed by atoms with van der Waals surface area (Å²) in [5.41, 5.74) is 0. The van der Waals surface area contributed by atoms with Crippen LogP contribution < -0.4 is 5.32 Å². The minimum Gasteiger partial charge on any atom is -0.481 e. The van der Waals surface area contributed by atoms with Crippen LogP contribution in [0.25, 0.3) is 0 Å². The Morgan fingerprint density at radius 2 is 2.36 bits per heavy atom. The molecule has 1 atom stereocenters. The first-order chi connectivity index (χ1) is 6.60. The predicted molar refractivity (Wildman–Crippen MR) is 57.3 cm³/mol. The second kappa shape index (κ2) is 6.88. The maximum atomic E-state index is 10.4. The third-order valence-corrected chi connectivity index (χ3v) is 1.49. The second-order valence-corrected chi connectivity index (χ2v) is 2.88. The first-order valence-electron chi connectivity index (χ1n) is 4.38. The van der Waals surface area contributed by atoms with Gasteiger partial charge in [-0.25, -0.2) is 4.99 Å². The minimum absolute atomic E-state index is 0.0582. The zero-order valence-electron chi connectivity index (χ0n) is 8.53. The van der Waals surface area contributed by atoms with Gasteiger partial charge in [-0.1, -0.05) is 12.2 Å². The molecule has 0 aliphatic carbocycles. The Balaban J connectivity index is 4.17. The van der Waals surface area contributed by atoms with Gasteiger partial charge in [-0.2, -0.15) is 0 Å². The van der Waals surface area contributed by atoms with E-state index < -0.39 is 5.97 Å². The van der Waals surface area contributed by atoms with E-state index in [2.05, 4.69) is 17.0 Å². The van der Waals surface area contributed by atoms with Gasteiger partial charge in [0, 0.05) is 6.04 Å². The van der Waals surface area contributed by atoms with Crippen molar-refractivity contribution in [2.24, 2.45) is 4.99 Å². The fourth-order valence-corrected chi connectivity index (χ4v) is 0.899. The Morgan fingerprint density at radius 1 is 1.71 bits per heavy atom. The molecular formula is C10H16N2O2. The van der Waals surface area contributed by atoms with Crippen molar-refractivity contribution < 1.29 is 9.90 Å². The highest BCUT2D eigenvalue weighted by atomic mass is 16.4. The molecule has 0 heterocycles. The molecule has 2 N–H and O–H groups in total. The molecule has 0 bridgehead atoms. The van der Waals surface area contributed by atoms with E-state index in [0.717, 1.165) is 0 Å². The Morgan fingerprint density at radius 3 is 2.79 bits per heavy atom. The fourth-order valence-electron chi connectivity index (χ4n) is 0.899. The number of aliphatic carboxylic acids is 1. The summed E-state index contributed by atoms with van der Waals surface area (Å²) < 4.78 is 0. The Kier molecular flexibility index (Phi) is 6.11. The summed E-state index contributed by atoms with van der Waals surface area (Å²) in [5.74, 6) is -0.253. The average molecular weight is 196 g/mol. The van der Waals surface area contributed by atoms with Crippen LogP contribution >= 0.6 is 0 Å². The Bertz CT molecular complexity index is 257. The van der Waals surface area contributed by atoms with E-state index in [1.54, 1.807) is 13.0 Å². The SMILES string of the molecule is C=N/C(=C\C=C/C)N[C@@H](C)CC(=O)O. The van der Waals surface area contributed by atoms with Crippen molar-refractivity contribution in [1.82, 2.24) is 5.32 Å². The van der Waals surface area contributed by atoms with Gasteiger partial charge in [0.15, 0.2) is 0 Å². The van der Waals surface area contributed by atoms with E-state index in [-0.39, 0.29) is 12.5 Å². The average Bonchev–Trinajstić information content (AvgIpc) is 2.10. The zero-order chi connectivity index (χ0) is 11.0. The number of carboxylic acids is 1. The summed E-state index contributed by atoms with van der Waals surface area (Å²) in [5, 5.41) is 11.5. The molecule has 14 heavy (non-hydrogen) atoms. The number of nitrogens with one attached hydrogen (secondary N) is 1. The first-order valence-corrected chi connectivity index (χ1v) is 4.38. The van der Waals surface area contributed by atoms with Gasteiger partial charge < -0.3 is 10.4 Å². The molecule has 0 aliphatic rings. The van der Waals surface area contributed by atoms with Crippen molar-refractivity contribution in [2.45, 2.75) is 26.3 Å². The molecule has 4 nitrogen and oxygen atoms in total. The Labute approximate surface area is 84.0 Å². The highest BCUT2D eigenvalue weighted by Crippen LogP contribution is 1.97. The van der Waals surface area contributed by atoms with Crippen molar-refractivity contribution in [3.8, 4) is 0 Å². The van der Waals surface area contributed by atoms with Crippen LogP contribution in [0.3, 0.4) is 0 Å². The van der Waals surface area contributed by atoms with E-state index in [0.29, 0.717) is 5.82 Å². The van der Waals surface area contributed by atoms with Crippen molar-refractivity contribution in [1.29, 1.82) is 0 Å². The fraction of sp³-hybridized carbons (Fsp3) is 0.400. The molecule has 0 aromatic rings. The Hall–Kier alpha value is -1.58. The molecule has 0 amide bonds. The quantitative estimate of drug-likeness (QED) is 0.500. The molecule has 0 rings (SSSR count). The normalized spacial score (nSPS) is 14.0. The van der Waals surface area contributed by atoms with Gasteiger partial charge in [-0.05, 0) is 26.6 Å². The lowest BCUT2D eigenvalue weighted by Crippen LogP contribution is -2.27. The van der Waals surface area contributed by atoms with E-state index in [1.807, 2.05) is 19.1 Å². The molecule has 78 valence electrons. The summed E-state index contributed by atoms with van der Waals surface area (Å²) in [6, 6.07) is -0.158. The number of carboxylic acid groups (broad SMARTS) is 1. The number of hydrogen-bond acceptors (Lipinski definition) is 3. The number of carbonyl (C=O) groups is 1. The topological polar surface area (TPSA) is 61.7 Å². The van der Waals surface area contributed by atoms with Crippen LogP contribution in [0.2, 0.25) is 0 Å². The maximum absolute atomic E-state index is 10.4. The van der Waals surface area contributed by atoms with Gasteiger partial charge in [0.05, 0.1) is 6.42 Å². The number of rotatable bonds is 6. The van der Waals surface area contributed by atoms with E-state index in [1.165, 1.54) is 0 Å². The van der Waals surface area contributed by atoms with Crippen molar-refractivity contribution in [2.75, 3.05) is 0 Å². The van der Waals surface area contributed by atoms with Crippen LogP contribution in [0.1, 0.15) is 20.3 Å². The van der Waals surface area contributed by atoms with Crippen LogP contribution in [-0.2, 0) is 4.79 Å². The van der Waals surface area contributed by atoms with Gasteiger partial charge in [0.25, 0.3) is 0 Å². The minimum atomic E-state index is -0.834. The molecule has 0 aromatic carbocycles. The summed E-state index contributed by atoms with van der Waals surface area (Å²) in [7, 11) is 0. The molecule has 0 aliphatic heterocycles. The van der Waals surface area contributed by atoms with Crippen molar-refractivity contribution in [3.05, 3.63) is 24.0 Å². The third-order valence-electron chi connectivity index (χ3n) is 1.49. The number of aliphatic imine (C=N–C) groups is 1. The van der Waals surface area contributed by atoms with Gasteiger partial charge in [-0.3, -0.25) is 4.79 Å². The second-order valence-electron chi connectivity index (χ2n) is 2.88. The number of nitrogens with zero attached hydrogens (tertiary/aromatic N) is 1. The third kappa shape index (κ3) is 5.99. The van der Waals surface area contributed by atoms with Crippen LogP contribution in [-0.4, -0.2) is 23.8 Å². The van der Waals surface area contributed by atoms with Crippen LogP contribution in [0, 0.1) is 0 Å². The van der Waals surface area contributed by atoms with Crippen molar-refractivity contribution in [3.63, 3.8) is 0 Å². The van der Waals surface area contributed by atoms with Gasteiger partial charge in [0.1, 0.15) is 5.82 Å². The lowest BCUT2D eigenvalue weighted by Gasteiger charge is -2.12. The van der Waals surface area contributed by atoms with Crippen LogP contribution in [0.15, 0.2) is 29.0 Å². The van der Waals surface area contributed by atoms with Gasteiger partial charge in [-0.15, -0.1) is 0 Å². The lowest BCUT2D eigenvalue weighted by molar-refractivity contribution is -0.137. The largest absolute Gasteiger partial charge is 0.481 e.